The molecule has 1 fully saturated rings. The number of aryl methyl sites for hydroxylation is 2. The number of carboxylic acid groups (broad SMARTS) is 1. The Labute approximate surface area is 187 Å². The van der Waals surface area contributed by atoms with Gasteiger partial charge in [0.1, 0.15) is 5.82 Å². The number of amides is 2. The first-order valence-corrected chi connectivity index (χ1v) is 11.1. The van der Waals surface area contributed by atoms with Crippen LogP contribution in [-0.2, 0) is 17.6 Å². The lowest BCUT2D eigenvalue weighted by atomic mass is 10.1. The minimum Gasteiger partial charge on any atom is -0.481 e. The number of pyridine rings is 2. The molecule has 2 aromatic heterocycles. The van der Waals surface area contributed by atoms with Crippen molar-refractivity contribution in [2.45, 2.75) is 38.1 Å². The monoisotopic (exact) mass is 439 g/mol. The van der Waals surface area contributed by atoms with Gasteiger partial charge in [0.15, 0.2) is 0 Å². The highest BCUT2D eigenvalue weighted by atomic mass is 16.5. The summed E-state index contributed by atoms with van der Waals surface area (Å²) in [6.45, 7) is 2.60. The second kappa shape index (κ2) is 9.84. The lowest BCUT2D eigenvalue weighted by Crippen LogP contribution is -2.36. The molecule has 1 saturated heterocycles. The van der Waals surface area contributed by atoms with E-state index in [1.54, 1.807) is 28.0 Å². The number of hydrogen-bond acceptors (Lipinski definition) is 6. The molecular weight excluding hydrogens is 410 g/mol. The van der Waals surface area contributed by atoms with E-state index in [0.717, 1.165) is 43.7 Å². The number of nitrogens with one attached hydrogen (secondary N) is 1. The molecule has 9 heteroatoms. The average Bonchev–Trinajstić information content (AvgIpc) is 3.17. The molecule has 2 aromatic rings. The summed E-state index contributed by atoms with van der Waals surface area (Å²) in [5, 5.41) is 12.8. The number of methoxy groups -OCH3 is 1. The van der Waals surface area contributed by atoms with E-state index < -0.39 is 12.0 Å². The number of nitrogens with zero attached hydrogens (tertiary/aromatic N) is 4. The van der Waals surface area contributed by atoms with Crippen LogP contribution in [0.5, 0.6) is 5.88 Å². The number of aliphatic carboxylic acids is 1. The molecule has 4 rings (SSSR count). The van der Waals surface area contributed by atoms with Crippen LogP contribution < -0.4 is 10.1 Å². The topological polar surface area (TPSA) is 108 Å². The fourth-order valence-electron chi connectivity index (χ4n) is 4.33. The zero-order valence-corrected chi connectivity index (χ0v) is 18.3. The van der Waals surface area contributed by atoms with Crippen LogP contribution in [0.1, 0.15) is 42.3 Å². The van der Waals surface area contributed by atoms with E-state index in [0.29, 0.717) is 31.2 Å². The van der Waals surface area contributed by atoms with Gasteiger partial charge in [-0.05, 0) is 43.4 Å². The van der Waals surface area contributed by atoms with Crippen LogP contribution in [0.15, 0.2) is 30.3 Å². The van der Waals surface area contributed by atoms with Gasteiger partial charge in [-0.1, -0.05) is 12.1 Å². The number of rotatable bonds is 9. The number of carbonyl (C=O) groups excluding carboxylic acids is 1. The van der Waals surface area contributed by atoms with Crippen molar-refractivity contribution in [2.24, 2.45) is 0 Å². The minimum atomic E-state index is -0.974. The fourth-order valence-corrected chi connectivity index (χ4v) is 4.33. The quantitative estimate of drug-likeness (QED) is 0.618. The maximum Gasteiger partial charge on any atom is 0.320 e. The van der Waals surface area contributed by atoms with E-state index in [9.17, 15) is 14.7 Å². The lowest BCUT2D eigenvalue weighted by molar-refractivity contribution is -0.138. The van der Waals surface area contributed by atoms with Crippen molar-refractivity contribution in [1.29, 1.82) is 0 Å². The maximum atomic E-state index is 13.1. The molecule has 4 heterocycles. The predicted octanol–water partition coefficient (Wildman–Crippen LogP) is 2.73. The molecular formula is C23H29N5O4. The molecule has 1 unspecified atom stereocenters. The van der Waals surface area contributed by atoms with Gasteiger partial charge in [-0.2, -0.15) is 0 Å². The third-order valence-corrected chi connectivity index (χ3v) is 5.98. The minimum absolute atomic E-state index is 0.152. The molecule has 9 nitrogen and oxygen atoms in total. The van der Waals surface area contributed by atoms with Crippen molar-refractivity contribution >= 4 is 17.8 Å². The average molecular weight is 440 g/mol. The van der Waals surface area contributed by atoms with Crippen molar-refractivity contribution in [3.05, 3.63) is 47.3 Å². The summed E-state index contributed by atoms with van der Waals surface area (Å²) in [6.07, 6.45) is 3.58. The number of hydrogen-bond donors (Lipinski definition) is 2. The molecule has 170 valence electrons. The Kier molecular flexibility index (Phi) is 6.72. The van der Waals surface area contributed by atoms with Crippen molar-refractivity contribution in [2.75, 3.05) is 38.6 Å². The summed E-state index contributed by atoms with van der Waals surface area (Å²) in [7, 11) is 1.51. The summed E-state index contributed by atoms with van der Waals surface area (Å²) >= 11 is 0. The molecule has 2 aliphatic rings. The maximum absolute atomic E-state index is 13.1. The zero-order chi connectivity index (χ0) is 22.5. The van der Waals surface area contributed by atoms with Crippen LogP contribution in [0.3, 0.4) is 0 Å². The number of anilines is 1. The van der Waals surface area contributed by atoms with Crippen LogP contribution in [0.2, 0.25) is 0 Å². The van der Waals surface area contributed by atoms with E-state index in [2.05, 4.69) is 22.4 Å². The van der Waals surface area contributed by atoms with E-state index in [1.165, 1.54) is 12.7 Å². The van der Waals surface area contributed by atoms with Crippen molar-refractivity contribution in [3.8, 4) is 5.88 Å². The first-order valence-electron chi connectivity index (χ1n) is 11.1. The molecule has 2 N–H and O–H groups in total. The molecule has 0 spiro atoms. The Hall–Kier alpha value is -3.36. The number of aromatic nitrogens is 2. The van der Waals surface area contributed by atoms with Gasteiger partial charge >= 0.3 is 12.0 Å². The summed E-state index contributed by atoms with van der Waals surface area (Å²) in [4.78, 5) is 37.0. The Morgan fingerprint density at radius 2 is 2.12 bits per heavy atom. The Morgan fingerprint density at radius 1 is 1.25 bits per heavy atom. The first kappa shape index (κ1) is 21.9. The fraction of sp³-hybridized carbons (Fsp3) is 0.478. The summed E-state index contributed by atoms with van der Waals surface area (Å²) in [6, 6.07) is 8.63. The van der Waals surface area contributed by atoms with E-state index >= 15 is 0 Å². The highest BCUT2D eigenvalue weighted by Crippen LogP contribution is 2.28. The molecule has 0 aliphatic carbocycles. The summed E-state index contributed by atoms with van der Waals surface area (Å²) in [5.41, 5.74) is 2.81. The van der Waals surface area contributed by atoms with Crippen LogP contribution >= 0.6 is 0 Å². The van der Waals surface area contributed by atoms with E-state index in [-0.39, 0.29) is 12.5 Å². The van der Waals surface area contributed by atoms with Crippen LogP contribution in [-0.4, -0.2) is 70.2 Å². The van der Waals surface area contributed by atoms with Crippen LogP contribution in [0.25, 0.3) is 0 Å². The van der Waals surface area contributed by atoms with Gasteiger partial charge in [0.05, 0.1) is 25.3 Å². The number of urea groups is 1. The van der Waals surface area contributed by atoms with Gasteiger partial charge in [-0.15, -0.1) is 0 Å². The number of carbonyl (C=O) groups is 2. The second-order valence-electron chi connectivity index (χ2n) is 8.13. The third-order valence-electron chi connectivity index (χ3n) is 5.98. The molecule has 0 radical (unpaired) electrons. The largest absolute Gasteiger partial charge is 0.481 e. The van der Waals surface area contributed by atoms with Gasteiger partial charge in [0, 0.05) is 37.9 Å². The third kappa shape index (κ3) is 4.92. The number of ether oxygens (including phenoxy) is 1. The smallest absolute Gasteiger partial charge is 0.320 e. The van der Waals surface area contributed by atoms with Crippen molar-refractivity contribution < 1.29 is 19.4 Å². The highest BCUT2D eigenvalue weighted by molar-refractivity contribution is 5.78. The van der Waals surface area contributed by atoms with Gasteiger partial charge in [-0.3, -0.25) is 4.79 Å². The Balaban J connectivity index is 1.38. The van der Waals surface area contributed by atoms with E-state index in [1.807, 2.05) is 0 Å². The molecule has 1 atom stereocenters. The standard InChI is InChI=1S/C23H29N5O4/c1-32-20-8-2-7-18(26-20)19(15-21(29)30)28-14-13-27(23(28)31)12-4-6-17-10-9-16-5-3-11-24-22(16)25-17/h2,7-10,19H,3-6,11-15H2,1H3,(H,24,25)(H,29,30). The molecule has 2 aliphatic heterocycles. The predicted molar refractivity (Wildman–Crippen MR) is 119 cm³/mol. The van der Waals surface area contributed by atoms with Gasteiger partial charge < -0.3 is 25.0 Å². The second-order valence-corrected chi connectivity index (χ2v) is 8.13. The number of carboxylic acids is 1. The molecule has 32 heavy (non-hydrogen) atoms. The highest BCUT2D eigenvalue weighted by Gasteiger charge is 2.36. The summed E-state index contributed by atoms with van der Waals surface area (Å²) in [5.74, 6) is 0.408. The van der Waals surface area contributed by atoms with Gasteiger partial charge in [0.25, 0.3) is 0 Å². The Bertz CT molecular complexity index is 983. The first-order chi connectivity index (χ1) is 15.5. The molecule has 2 amide bonds. The van der Waals surface area contributed by atoms with Crippen molar-refractivity contribution in [3.63, 3.8) is 0 Å². The molecule has 0 aromatic carbocycles. The Morgan fingerprint density at radius 3 is 2.94 bits per heavy atom. The summed E-state index contributed by atoms with van der Waals surface area (Å²) < 4.78 is 5.17. The molecule has 0 saturated carbocycles. The zero-order valence-electron chi connectivity index (χ0n) is 18.3. The van der Waals surface area contributed by atoms with Crippen molar-refractivity contribution in [1.82, 2.24) is 19.8 Å². The van der Waals surface area contributed by atoms with Crippen LogP contribution in [0, 0.1) is 0 Å². The SMILES string of the molecule is COc1cccc(C(CC(=O)O)N2CCN(CCCc3ccc4c(n3)NCCC4)C2=O)n1. The molecule has 0 bridgehead atoms. The normalized spacial score (nSPS) is 16.5. The van der Waals surface area contributed by atoms with Gasteiger partial charge in [0.2, 0.25) is 5.88 Å². The lowest BCUT2D eigenvalue weighted by Gasteiger charge is -2.26. The van der Waals surface area contributed by atoms with Crippen LogP contribution in [0.4, 0.5) is 10.6 Å². The van der Waals surface area contributed by atoms with Gasteiger partial charge in [-0.25, -0.2) is 14.8 Å². The van der Waals surface area contributed by atoms with E-state index in [4.69, 9.17) is 9.72 Å². The number of fused-ring (bicyclic) bond motifs is 1.